The second-order valence-electron chi connectivity index (χ2n) is 8.93. The molecule has 184 valence electrons. The van der Waals surface area contributed by atoms with Gasteiger partial charge in [-0.3, -0.25) is 5.32 Å². The van der Waals surface area contributed by atoms with Crippen LogP contribution >= 0.6 is 23.4 Å². The number of urea groups is 1. The molecule has 10 heteroatoms. The number of nitrogens with one attached hydrogen (secondary N) is 1. The SMILES string of the molecule is C[C@@H]1CCC[N+]1(C(=O)CSc1nc2ccccc2n1C)C(=O)Nc1ncncc1-c1ccc(Cl)cc1. The van der Waals surface area contributed by atoms with Crippen LogP contribution < -0.4 is 5.32 Å². The molecule has 3 heterocycles. The number of imide groups is 1. The first kappa shape index (κ1) is 24.4. The maximum Gasteiger partial charge on any atom is 0.429 e. The summed E-state index contributed by atoms with van der Waals surface area (Å²) in [6.45, 7) is 2.42. The summed E-state index contributed by atoms with van der Waals surface area (Å²) in [5.74, 6) is 0.365. The fourth-order valence-electron chi connectivity index (χ4n) is 4.83. The first-order valence-electron chi connectivity index (χ1n) is 11.7. The molecule has 0 spiro atoms. The number of likely N-dealkylation sites (tertiary alicyclic amines) is 1. The Morgan fingerprint density at radius 1 is 1.19 bits per heavy atom. The van der Waals surface area contributed by atoms with Gasteiger partial charge in [0.2, 0.25) is 0 Å². The van der Waals surface area contributed by atoms with E-state index in [2.05, 4.69) is 20.3 Å². The number of rotatable bonds is 5. The summed E-state index contributed by atoms with van der Waals surface area (Å²) in [4.78, 5) is 40.6. The summed E-state index contributed by atoms with van der Waals surface area (Å²) in [5, 5.41) is 4.30. The number of hydrogen-bond acceptors (Lipinski definition) is 6. The molecule has 3 amide bonds. The fraction of sp³-hybridized carbons (Fsp3) is 0.269. The van der Waals surface area contributed by atoms with E-state index in [1.54, 1.807) is 18.3 Å². The molecular formula is C26H26ClN6O2S+. The molecule has 0 saturated carbocycles. The van der Waals surface area contributed by atoms with E-state index in [0.29, 0.717) is 22.9 Å². The van der Waals surface area contributed by atoms with Crippen molar-refractivity contribution >= 4 is 52.2 Å². The molecule has 8 nitrogen and oxygen atoms in total. The average Bonchev–Trinajstić information content (AvgIpc) is 3.44. The van der Waals surface area contributed by atoms with E-state index < -0.39 is 0 Å². The Labute approximate surface area is 218 Å². The number of carbonyl (C=O) groups is 2. The standard InChI is InChI=1S/C26H25ClN6O2S/c1-17-6-5-13-33(17,23(34)15-36-25-30-21-7-3-4-8-22(21)32(25)2)26(35)31-24-20(14-28-16-29-24)18-9-11-19(27)12-10-18/h3-4,7-12,14,16-17H,5-6,13,15H2,1-2H3/p+1/t17-,33?/m1/s1. The molecule has 1 aliphatic heterocycles. The molecule has 1 unspecified atom stereocenters. The van der Waals surface area contributed by atoms with Crippen LogP contribution in [0, 0.1) is 0 Å². The number of fused-ring (bicyclic) bond motifs is 1. The highest BCUT2D eigenvalue weighted by Crippen LogP contribution is 2.33. The van der Waals surface area contributed by atoms with Crippen molar-refractivity contribution in [3.63, 3.8) is 0 Å². The van der Waals surface area contributed by atoms with E-state index in [0.717, 1.165) is 34.6 Å². The molecule has 5 rings (SSSR count). The number of amides is 3. The normalized spacial score (nSPS) is 19.5. The number of aryl methyl sites for hydroxylation is 1. The number of imidazole rings is 1. The number of quaternary nitrogens is 1. The van der Waals surface area contributed by atoms with Gasteiger partial charge in [0.25, 0.3) is 0 Å². The number of aromatic nitrogens is 4. The Balaban J connectivity index is 1.39. The zero-order chi connectivity index (χ0) is 25.3. The zero-order valence-electron chi connectivity index (χ0n) is 20.0. The minimum Gasteiger partial charge on any atom is -0.322 e. The Kier molecular flexibility index (Phi) is 6.79. The van der Waals surface area contributed by atoms with Gasteiger partial charge in [0.15, 0.2) is 5.16 Å². The highest BCUT2D eigenvalue weighted by molar-refractivity contribution is 7.99. The van der Waals surface area contributed by atoms with Gasteiger partial charge in [-0.2, -0.15) is 4.48 Å². The lowest BCUT2D eigenvalue weighted by atomic mass is 10.1. The molecule has 2 atom stereocenters. The molecule has 1 aliphatic rings. The van der Waals surface area contributed by atoms with Gasteiger partial charge < -0.3 is 4.57 Å². The number of nitrogens with zero attached hydrogens (tertiary/aromatic N) is 5. The van der Waals surface area contributed by atoms with Crippen LogP contribution in [0.3, 0.4) is 0 Å². The maximum absolute atomic E-state index is 13.8. The van der Waals surface area contributed by atoms with Crippen LogP contribution in [-0.4, -0.2) is 54.3 Å². The lowest BCUT2D eigenvalue weighted by molar-refractivity contribution is -0.781. The van der Waals surface area contributed by atoms with Crippen molar-refractivity contribution in [1.29, 1.82) is 0 Å². The number of anilines is 1. The lowest BCUT2D eigenvalue weighted by Crippen LogP contribution is -2.61. The summed E-state index contributed by atoms with van der Waals surface area (Å²) < 4.78 is 1.71. The molecule has 2 aromatic carbocycles. The van der Waals surface area contributed by atoms with Crippen molar-refractivity contribution in [3.05, 3.63) is 66.1 Å². The van der Waals surface area contributed by atoms with Crippen LogP contribution in [0.2, 0.25) is 5.02 Å². The van der Waals surface area contributed by atoms with Crippen LogP contribution in [0.25, 0.3) is 22.2 Å². The summed E-state index contributed by atoms with van der Waals surface area (Å²) in [5.41, 5.74) is 3.36. The molecule has 1 N–H and O–H groups in total. The van der Waals surface area contributed by atoms with Gasteiger partial charge in [0.05, 0.1) is 17.6 Å². The van der Waals surface area contributed by atoms with Crippen molar-refractivity contribution in [1.82, 2.24) is 19.5 Å². The van der Waals surface area contributed by atoms with Gasteiger partial charge >= 0.3 is 11.9 Å². The molecular weight excluding hydrogens is 496 g/mol. The monoisotopic (exact) mass is 521 g/mol. The van der Waals surface area contributed by atoms with E-state index in [4.69, 9.17) is 11.6 Å². The van der Waals surface area contributed by atoms with Gasteiger partial charge in [-0.15, -0.1) is 0 Å². The third kappa shape index (κ3) is 4.38. The largest absolute Gasteiger partial charge is 0.429 e. The summed E-state index contributed by atoms with van der Waals surface area (Å²) in [6, 6.07) is 14.6. The van der Waals surface area contributed by atoms with Crippen molar-refractivity contribution in [3.8, 4) is 11.1 Å². The third-order valence-corrected chi connectivity index (χ3v) is 8.12. The number of benzene rings is 2. The van der Waals surface area contributed by atoms with Gasteiger partial charge in [0, 0.05) is 36.7 Å². The summed E-state index contributed by atoms with van der Waals surface area (Å²) in [7, 11) is 1.94. The Hall–Kier alpha value is -3.27. The van der Waals surface area contributed by atoms with Crippen molar-refractivity contribution in [2.24, 2.45) is 7.05 Å². The van der Waals surface area contributed by atoms with Crippen LogP contribution in [0.15, 0.2) is 66.2 Å². The Morgan fingerprint density at radius 2 is 1.97 bits per heavy atom. The van der Waals surface area contributed by atoms with E-state index in [1.165, 1.54) is 18.1 Å². The zero-order valence-corrected chi connectivity index (χ0v) is 21.6. The molecule has 1 fully saturated rings. The molecule has 0 aliphatic carbocycles. The minimum absolute atomic E-state index is 0.139. The predicted molar refractivity (Wildman–Crippen MR) is 142 cm³/mol. The smallest absolute Gasteiger partial charge is 0.322 e. The van der Waals surface area contributed by atoms with Crippen molar-refractivity contribution in [2.45, 2.75) is 31.0 Å². The first-order chi connectivity index (χ1) is 17.4. The average molecular weight is 522 g/mol. The van der Waals surface area contributed by atoms with E-state index >= 15 is 0 Å². The number of thioether (sulfide) groups is 1. The van der Waals surface area contributed by atoms with E-state index in [-0.39, 0.29) is 28.2 Å². The van der Waals surface area contributed by atoms with Crippen LogP contribution in [0.5, 0.6) is 0 Å². The van der Waals surface area contributed by atoms with Crippen molar-refractivity contribution in [2.75, 3.05) is 17.6 Å². The third-order valence-electron chi connectivity index (χ3n) is 6.86. The maximum atomic E-state index is 13.8. The second-order valence-corrected chi connectivity index (χ2v) is 10.3. The Bertz CT molecular complexity index is 1440. The van der Waals surface area contributed by atoms with Gasteiger partial charge in [-0.1, -0.05) is 47.6 Å². The first-order valence-corrected chi connectivity index (χ1v) is 13.1. The molecule has 4 aromatic rings. The molecule has 0 radical (unpaired) electrons. The minimum atomic E-state index is -0.371. The van der Waals surface area contributed by atoms with Crippen LogP contribution in [0.1, 0.15) is 19.8 Å². The van der Waals surface area contributed by atoms with Crippen LogP contribution in [0.4, 0.5) is 10.6 Å². The summed E-state index contributed by atoms with van der Waals surface area (Å²) in [6.07, 6.45) is 4.62. The highest BCUT2D eigenvalue weighted by Gasteiger charge is 2.52. The summed E-state index contributed by atoms with van der Waals surface area (Å²) >= 11 is 7.40. The number of hydrogen-bond donors (Lipinski definition) is 1. The van der Waals surface area contributed by atoms with E-state index in [9.17, 15) is 9.59 Å². The number of carbonyl (C=O) groups excluding carboxylic acids is 2. The lowest BCUT2D eigenvalue weighted by Gasteiger charge is -2.32. The van der Waals surface area contributed by atoms with Crippen LogP contribution in [-0.2, 0) is 11.8 Å². The molecule has 36 heavy (non-hydrogen) atoms. The molecule has 2 aromatic heterocycles. The number of para-hydroxylation sites is 2. The second kappa shape index (κ2) is 10.0. The topological polar surface area (TPSA) is 89.8 Å². The molecule has 1 saturated heterocycles. The van der Waals surface area contributed by atoms with Crippen molar-refractivity contribution < 1.29 is 14.1 Å². The van der Waals surface area contributed by atoms with Gasteiger partial charge in [-0.05, 0) is 36.8 Å². The fourth-order valence-corrected chi connectivity index (χ4v) is 5.89. The van der Waals surface area contributed by atoms with Gasteiger partial charge in [0.1, 0.15) is 23.9 Å². The quantitative estimate of drug-likeness (QED) is 0.274. The Morgan fingerprint density at radius 3 is 2.69 bits per heavy atom. The van der Waals surface area contributed by atoms with E-state index in [1.807, 2.05) is 54.9 Å². The predicted octanol–water partition coefficient (Wildman–Crippen LogP) is 5.53. The van der Waals surface area contributed by atoms with Gasteiger partial charge in [-0.25, -0.2) is 24.5 Å². The molecule has 0 bridgehead atoms. The number of halogens is 1. The highest BCUT2D eigenvalue weighted by atomic mass is 35.5.